The molecule has 0 saturated heterocycles. The highest BCUT2D eigenvalue weighted by Gasteiger charge is 2.13. The molecule has 0 fully saturated rings. The Balaban J connectivity index is 2.48. The van der Waals surface area contributed by atoms with Crippen LogP contribution in [0.3, 0.4) is 0 Å². The summed E-state index contributed by atoms with van der Waals surface area (Å²) >= 11 is 0. The molecular weight excluding hydrogens is 182 g/mol. The van der Waals surface area contributed by atoms with E-state index in [0.717, 1.165) is 12.8 Å². The van der Waals surface area contributed by atoms with Gasteiger partial charge >= 0.3 is 0 Å². The molecule has 0 bridgehead atoms. The topological polar surface area (TPSA) is 74.2 Å². The van der Waals surface area contributed by atoms with Crippen molar-refractivity contribution < 1.29 is 9.26 Å². The Hall–Kier alpha value is -0.940. The van der Waals surface area contributed by atoms with Crippen LogP contribution in [-0.2, 0) is 11.2 Å². The van der Waals surface area contributed by atoms with Crippen LogP contribution in [0.2, 0.25) is 0 Å². The highest BCUT2D eigenvalue weighted by Crippen LogP contribution is 2.07. The van der Waals surface area contributed by atoms with Gasteiger partial charge < -0.3 is 15.0 Å². The second kappa shape index (κ2) is 5.72. The molecular formula is C9H17N3O2. The van der Waals surface area contributed by atoms with Gasteiger partial charge in [-0.1, -0.05) is 12.1 Å². The molecule has 0 spiro atoms. The summed E-state index contributed by atoms with van der Waals surface area (Å²) in [6, 6.07) is -0.288. The van der Waals surface area contributed by atoms with Gasteiger partial charge in [-0.05, 0) is 13.3 Å². The van der Waals surface area contributed by atoms with Crippen molar-refractivity contribution in [2.24, 2.45) is 5.73 Å². The summed E-state index contributed by atoms with van der Waals surface area (Å²) in [4.78, 5) is 4.17. The second-order valence-corrected chi connectivity index (χ2v) is 3.06. The molecule has 5 heteroatoms. The number of aromatic nitrogens is 2. The van der Waals surface area contributed by atoms with E-state index < -0.39 is 0 Å². The average Bonchev–Trinajstić information content (AvgIpc) is 2.63. The predicted octanol–water partition coefficient (Wildman–Crippen LogP) is 1.06. The summed E-state index contributed by atoms with van der Waals surface area (Å²) in [5.41, 5.74) is 5.78. The summed E-state index contributed by atoms with van der Waals surface area (Å²) in [6.07, 6.45) is 1.79. The largest absolute Gasteiger partial charge is 0.380 e. The average molecular weight is 199 g/mol. The Morgan fingerprint density at radius 2 is 2.29 bits per heavy atom. The standard InChI is InChI=1S/C9H17N3O2/c1-3-5-8-11-9(12-14-8)7(10)6-13-4-2/h7H,3-6,10H2,1-2H3. The fraction of sp³-hybridized carbons (Fsp3) is 0.778. The summed E-state index contributed by atoms with van der Waals surface area (Å²) in [5, 5.41) is 3.80. The number of hydrogen-bond acceptors (Lipinski definition) is 5. The van der Waals surface area contributed by atoms with Gasteiger partial charge in [0.25, 0.3) is 0 Å². The Morgan fingerprint density at radius 3 is 2.93 bits per heavy atom. The van der Waals surface area contributed by atoms with E-state index >= 15 is 0 Å². The van der Waals surface area contributed by atoms with E-state index in [1.807, 2.05) is 6.92 Å². The van der Waals surface area contributed by atoms with E-state index in [-0.39, 0.29) is 6.04 Å². The van der Waals surface area contributed by atoms with Crippen LogP contribution in [0, 0.1) is 0 Å². The second-order valence-electron chi connectivity index (χ2n) is 3.06. The minimum Gasteiger partial charge on any atom is -0.380 e. The van der Waals surface area contributed by atoms with Gasteiger partial charge in [-0.15, -0.1) is 0 Å². The Kier molecular flexibility index (Phi) is 4.55. The summed E-state index contributed by atoms with van der Waals surface area (Å²) in [6.45, 7) is 5.06. The van der Waals surface area contributed by atoms with Crippen molar-refractivity contribution >= 4 is 0 Å². The van der Waals surface area contributed by atoms with Gasteiger partial charge in [-0.2, -0.15) is 4.98 Å². The van der Waals surface area contributed by atoms with Crippen LogP contribution in [0.5, 0.6) is 0 Å². The van der Waals surface area contributed by atoms with E-state index in [4.69, 9.17) is 15.0 Å². The lowest BCUT2D eigenvalue weighted by molar-refractivity contribution is 0.130. The lowest BCUT2D eigenvalue weighted by Crippen LogP contribution is -2.18. The number of rotatable bonds is 6. The lowest BCUT2D eigenvalue weighted by Gasteiger charge is -2.05. The zero-order valence-electron chi connectivity index (χ0n) is 8.69. The van der Waals surface area contributed by atoms with Crippen LogP contribution in [0.1, 0.15) is 38.0 Å². The van der Waals surface area contributed by atoms with Gasteiger partial charge in [0.1, 0.15) is 0 Å². The maximum absolute atomic E-state index is 5.78. The maximum Gasteiger partial charge on any atom is 0.226 e. The van der Waals surface area contributed by atoms with Gasteiger partial charge in [-0.3, -0.25) is 0 Å². The van der Waals surface area contributed by atoms with Crippen LogP contribution in [0.4, 0.5) is 0 Å². The first-order valence-corrected chi connectivity index (χ1v) is 4.93. The first-order valence-electron chi connectivity index (χ1n) is 4.93. The Bertz CT molecular complexity index is 262. The Morgan fingerprint density at radius 1 is 1.50 bits per heavy atom. The van der Waals surface area contributed by atoms with E-state index in [9.17, 15) is 0 Å². The molecule has 0 saturated carbocycles. The summed E-state index contributed by atoms with van der Waals surface area (Å²) in [5.74, 6) is 1.18. The highest BCUT2D eigenvalue weighted by molar-refractivity contribution is 4.92. The molecule has 5 nitrogen and oxygen atoms in total. The van der Waals surface area contributed by atoms with E-state index in [1.165, 1.54) is 0 Å². The number of nitrogens with zero attached hydrogens (tertiary/aromatic N) is 2. The molecule has 1 unspecified atom stereocenters. The highest BCUT2D eigenvalue weighted by atomic mass is 16.5. The third-order valence-electron chi connectivity index (χ3n) is 1.78. The van der Waals surface area contributed by atoms with Crippen molar-refractivity contribution in [3.63, 3.8) is 0 Å². The number of nitrogens with two attached hydrogens (primary N) is 1. The van der Waals surface area contributed by atoms with Crippen LogP contribution >= 0.6 is 0 Å². The van der Waals surface area contributed by atoms with Crippen LogP contribution in [0.15, 0.2) is 4.52 Å². The van der Waals surface area contributed by atoms with Crippen LogP contribution < -0.4 is 5.73 Å². The van der Waals surface area contributed by atoms with E-state index in [2.05, 4.69) is 17.1 Å². The molecule has 0 amide bonds. The molecule has 0 radical (unpaired) electrons. The lowest BCUT2D eigenvalue weighted by atomic mass is 10.3. The van der Waals surface area contributed by atoms with Crippen molar-refractivity contribution in [1.29, 1.82) is 0 Å². The van der Waals surface area contributed by atoms with Gasteiger partial charge in [-0.25, -0.2) is 0 Å². The molecule has 1 aromatic heterocycles. The third-order valence-corrected chi connectivity index (χ3v) is 1.78. The van der Waals surface area contributed by atoms with Crippen molar-refractivity contribution in [2.75, 3.05) is 13.2 Å². The van der Waals surface area contributed by atoms with Gasteiger partial charge in [0.05, 0.1) is 12.6 Å². The maximum atomic E-state index is 5.78. The zero-order chi connectivity index (χ0) is 10.4. The number of aryl methyl sites for hydroxylation is 1. The summed E-state index contributed by atoms with van der Waals surface area (Å²) < 4.78 is 10.2. The molecule has 80 valence electrons. The smallest absolute Gasteiger partial charge is 0.226 e. The molecule has 2 N–H and O–H groups in total. The van der Waals surface area contributed by atoms with Gasteiger partial charge in [0.15, 0.2) is 5.82 Å². The minimum atomic E-state index is -0.288. The number of ether oxygens (including phenoxy) is 1. The molecule has 14 heavy (non-hydrogen) atoms. The Labute approximate surface area is 83.6 Å². The molecule has 0 aromatic carbocycles. The number of hydrogen-bond donors (Lipinski definition) is 1. The molecule has 1 atom stereocenters. The van der Waals surface area contributed by atoms with E-state index in [1.54, 1.807) is 0 Å². The first kappa shape index (κ1) is 11.1. The monoisotopic (exact) mass is 199 g/mol. The molecule has 1 rings (SSSR count). The minimum absolute atomic E-state index is 0.288. The van der Waals surface area contributed by atoms with Gasteiger partial charge in [0, 0.05) is 13.0 Å². The van der Waals surface area contributed by atoms with Crippen molar-refractivity contribution in [2.45, 2.75) is 32.7 Å². The normalized spacial score (nSPS) is 13.1. The van der Waals surface area contributed by atoms with E-state index in [0.29, 0.717) is 24.9 Å². The quantitative estimate of drug-likeness (QED) is 0.741. The van der Waals surface area contributed by atoms with Crippen LogP contribution in [0.25, 0.3) is 0 Å². The first-order chi connectivity index (χ1) is 6.77. The molecule has 0 aliphatic heterocycles. The SMILES string of the molecule is CCCc1nc(C(N)COCC)no1. The molecule has 1 heterocycles. The molecule has 0 aliphatic rings. The predicted molar refractivity (Wildman–Crippen MR) is 51.7 cm³/mol. The van der Waals surface area contributed by atoms with Crippen molar-refractivity contribution in [3.8, 4) is 0 Å². The van der Waals surface area contributed by atoms with Crippen molar-refractivity contribution in [1.82, 2.24) is 10.1 Å². The molecule has 1 aromatic rings. The molecule has 0 aliphatic carbocycles. The van der Waals surface area contributed by atoms with Gasteiger partial charge in [0.2, 0.25) is 5.89 Å². The van der Waals surface area contributed by atoms with Crippen molar-refractivity contribution in [3.05, 3.63) is 11.7 Å². The summed E-state index contributed by atoms with van der Waals surface area (Å²) in [7, 11) is 0. The zero-order valence-corrected chi connectivity index (χ0v) is 8.69. The van der Waals surface area contributed by atoms with Crippen LogP contribution in [-0.4, -0.2) is 23.4 Å². The fourth-order valence-corrected chi connectivity index (χ4v) is 1.05. The third kappa shape index (κ3) is 3.08. The fourth-order valence-electron chi connectivity index (χ4n) is 1.05.